The van der Waals surface area contributed by atoms with Gasteiger partial charge >= 0.3 is 12.1 Å². The lowest BCUT2D eigenvalue weighted by atomic mass is 10.1. The van der Waals surface area contributed by atoms with Crippen LogP contribution in [0.4, 0.5) is 18.9 Å². The fraction of sp³-hybridized carbons (Fsp3) is 0.211. The number of nitrogens with zero attached hydrogens (tertiary/aromatic N) is 5. The Balaban J connectivity index is 0.000000339. The Morgan fingerprint density at radius 3 is 2.61 bits per heavy atom. The predicted molar refractivity (Wildman–Crippen MR) is 105 cm³/mol. The second-order valence-electron chi connectivity index (χ2n) is 6.25. The van der Waals surface area contributed by atoms with Crippen LogP contribution in [0.2, 0.25) is 0 Å². The van der Waals surface area contributed by atoms with Crippen molar-refractivity contribution in [2.24, 2.45) is 0 Å². The average molecular weight is 434 g/mol. The molecular formula is C19H17F3N6O3. The van der Waals surface area contributed by atoms with Crippen LogP contribution in [0.3, 0.4) is 0 Å². The standard InChI is InChI=1S/C17H16N6O.C2HF3O2/c1-11-4-3-5-12-13(8-9-18-17(11)12)19-10-15-21-20-14-6-7-16(24-2)22-23(14)15;3-2(4,5)1(6)7/h3-9H,10H2,1-2H3,(H,18,19);(H,6,7). The predicted octanol–water partition coefficient (Wildman–Crippen LogP) is 3.23. The van der Waals surface area contributed by atoms with Crippen molar-refractivity contribution in [3.63, 3.8) is 0 Å². The third kappa shape index (κ3) is 4.97. The molecule has 0 atom stereocenters. The van der Waals surface area contributed by atoms with Gasteiger partial charge in [0.2, 0.25) is 5.88 Å². The number of hydrogen-bond acceptors (Lipinski definition) is 7. The van der Waals surface area contributed by atoms with E-state index < -0.39 is 12.1 Å². The topological polar surface area (TPSA) is 115 Å². The van der Waals surface area contributed by atoms with Crippen LogP contribution < -0.4 is 10.1 Å². The maximum Gasteiger partial charge on any atom is 0.490 e. The van der Waals surface area contributed by atoms with Crippen LogP contribution in [0, 0.1) is 6.92 Å². The molecule has 12 heteroatoms. The van der Waals surface area contributed by atoms with Gasteiger partial charge < -0.3 is 15.2 Å². The molecule has 4 aromatic rings. The Hall–Kier alpha value is -3.96. The molecule has 0 saturated carbocycles. The van der Waals surface area contributed by atoms with E-state index >= 15 is 0 Å². The summed E-state index contributed by atoms with van der Waals surface area (Å²) in [6.07, 6.45) is -3.28. The minimum absolute atomic E-state index is 0.494. The van der Waals surface area contributed by atoms with Gasteiger partial charge in [0.25, 0.3) is 0 Å². The second kappa shape index (κ2) is 8.81. The summed E-state index contributed by atoms with van der Waals surface area (Å²) in [4.78, 5) is 13.4. The SMILES string of the molecule is COc1ccc2nnc(CNc3ccnc4c(C)cccc34)n2n1.O=C(O)C(F)(F)F. The van der Waals surface area contributed by atoms with Gasteiger partial charge in [0.05, 0.1) is 19.2 Å². The molecule has 0 fully saturated rings. The highest BCUT2D eigenvalue weighted by molar-refractivity contribution is 5.92. The van der Waals surface area contributed by atoms with Gasteiger partial charge in [-0.2, -0.15) is 17.7 Å². The highest BCUT2D eigenvalue weighted by Crippen LogP contribution is 2.24. The number of aliphatic carboxylic acids is 1. The molecule has 3 aromatic heterocycles. The number of methoxy groups -OCH3 is 1. The lowest BCUT2D eigenvalue weighted by Gasteiger charge is -2.09. The number of rotatable bonds is 4. The van der Waals surface area contributed by atoms with E-state index in [2.05, 4.69) is 44.7 Å². The molecule has 4 rings (SSSR count). The van der Waals surface area contributed by atoms with Crippen molar-refractivity contribution < 1.29 is 27.8 Å². The molecule has 3 heterocycles. The van der Waals surface area contributed by atoms with Gasteiger partial charge in [0.1, 0.15) is 0 Å². The number of hydrogen-bond donors (Lipinski definition) is 2. The van der Waals surface area contributed by atoms with Gasteiger partial charge in [0, 0.05) is 23.3 Å². The van der Waals surface area contributed by atoms with E-state index in [0.717, 1.165) is 22.2 Å². The first-order valence-corrected chi connectivity index (χ1v) is 8.84. The number of alkyl halides is 3. The number of carboxylic acids is 1. The van der Waals surface area contributed by atoms with E-state index in [4.69, 9.17) is 14.6 Å². The quantitative estimate of drug-likeness (QED) is 0.503. The largest absolute Gasteiger partial charge is 0.490 e. The number of halogens is 3. The number of para-hydroxylation sites is 1. The van der Waals surface area contributed by atoms with Gasteiger partial charge in [0.15, 0.2) is 11.5 Å². The van der Waals surface area contributed by atoms with Gasteiger partial charge in [-0.1, -0.05) is 18.2 Å². The van der Waals surface area contributed by atoms with Crippen LogP contribution in [0.15, 0.2) is 42.6 Å². The van der Waals surface area contributed by atoms with E-state index in [-0.39, 0.29) is 0 Å². The van der Waals surface area contributed by atoms with E-state index in [1.165, 1.54) is 0 Å². The maximum atomic E-state index is 10.6. The number of ether oxygens (including phenoxy) is 1. The monoisotopic (exact) mass is 434 g/mol. The van der Waals surface area contributed by atoms with Crippen molar-refractivity contribution >= 4 is 28.2 Å². The Bertz CT molecular complexity index is 1230. The molecule has 0 amide bonds. The molecule has 2 N–H and O–H groups in total. The van der Waals surface area contributed by atoms with Crippen LogP contribution in [-0.4, -0.2) is 49.2 Å². The average Bonchev–Trinajstić information content (AvgIpc) is 3.14. The number of fused-ring (bicyclic) bond motifs is 2. The summed E-state index contributed by atoms with van der Waals surface area (Å²) in [7, 11) is 1.59. The molecular weight excluding hydrogens is 417 g/mol. The molecule has 9 nitrogen and oxygen atoms in total. The first kappa shape index (κ1) is 21.7. The molecule has 0 bridgehead atoms. The summed E-state index contributed by atoms with van der Waals surface area (Å²) in [5.41, 5.74) is 3.83. The zero-order chi connectivity index (χ0) is 22.6. The number of aryl methyl sites for hydroxylation is 1. The molecule has 31 heavy (non-hydrogen) atoms. The lowest BCUT2D eigenvalue weighted by molar-refractivity contribution is -0.192. The first-order valence-electron chi connectivity index (χ1n) is 8.84. The van der Waals surface area contributed by atoms with Crippen LogP contribution >= 0.6 is 0 Å². The number of carboxylic acid groups (broad SMARTS) is 1. The number of nitrogens with one attached hydrogen (secondary N) is 1. The summed E-state index contributed by atoms with van der Waals surface area (Å²) in [5, 5.41) is 24.3. The maximum absolute atomic E-state index is 10.6. The van der Waals surface area contributed by atoms with Crippen molar-refractivity contribution in [2.75, 3.05) is 12.4 Å². The third-order valence-corrected chi connectivity index (χ3v) is 4.16. The lowest BCUT2D eigenvalue weighted by Crippen LogP contribution is -2.21. The smallest absolute Gasteiger partial charge is 0.480 e. The van der Waals surface area contributed by atoms with Gasteiger partial charge in [-0.15, -0.1) is 15.3 Å². The van der Waals surface area contributed by atoms with Gasteiger partial charge in [-0.25, -0.2) is 4.79 Å². The summed E-state index contributed by atoms with van der Waals surface area (Å²) < 4.78 is 38.6. The fourth-order valence-electron chi connectivity index (χ4n) is 2.69. The normalized spacial score (nSPS) is 11.1. The fourth-order valence-corrected chi connectivity index (χ4v) is 2.69. The summed E-state index contributed by atoms with van der Waals surface area (Å²) in [5.74, 6) is -1.53. The van der Waals surface area contributed by atoms with Crippen LogP contribution in [0.5, 0.6) is 5.88 Å². The minimum Gasteiger partial charge on any atom is -0.480 e. The highest BCUT2D eigenvalue weighted by Gasteiger charge is 2.38. The van der Waals surface area contributed by atoms with Crippen molar-refractivity contribution in [1.82, 2.24) is 24.8 Å². The number of pyridine rings is 1. The number of carbonyl (C=O) groups is 1. The number of aromatic nitrogens is 5. The Morgan fingerprint density at radius 1 is 1.19 bits per heavy atom. The molecule has 0 unspecified atom stereocenters. The molecule has 162 valence electrons. The molecule has 0 aliphatic rings. The minimum atomic E-state index is -5.08. The molecule has 0 radical (unpaired) electrons. The van der Waals surface area contributed by atoms with E-state index in [1.807, 2.05) is 18.2 Å². The molecule has 1 aromatic carbocycles. The summed E-state index contributed by atoms with van der Waals surface area (Å²) in [6.45, 7) is 2.55. The van der Waals surface area contributed by atoms with Gasteiger partial charge in [-0.05, 0) is 24.6 Å². The van der Waals surface area contributed by atoms with E-state index in [1.54, 1.807) is 23.9 Å². The first-order chi connectivity index (χ1) is 14.7. The Kier molecular flexibility index (Phi) is 6.18. The van der Waals surface area contributed by atoms with Crippen LogP contribution in [0.1, 0.15) is 11.4 Å². The molecule has 0 aliphatic carbocycles. The van der Waals surface area contributed by atoms with E-state index in [9.17, 15) is 13.2 Å². The van der Waals surface area contributed by atoms with Crippen LogP contribution in [0.25, 0.3) is 16.6 Å². The zero-order valence-electron chi connectivity index (χ0n) is 16.4. The van der Waals surface area contributed by atoms with Crippen LogP contribution in [-0.2, 0) is 11.3 Å². The van der Waals surface area contributed by atoms with Crippen molar-refractivity contribution in [2.45, 2.75) is 19.6 Å². The summed E-state index contributed by atoms with van der Waals surface area (Å²) >= 11 is 0. The van der Waals surface area contributed by atoms with E-state index in [0.29, 0.717) is 23.9 Å². The molecule has 0 spiro atoms. The van der Waals surface area contributed by atoms with Crippen molar-refractivity contribution in [3.8, 4) is 5.88 Å². The number of benzene rings is 1. The van der Waals surface area contributed by atoms with Gasteiger partial charge in [-0.3, -0.25) is 4.98 Å². The van der Waals surface area contributed by atoms with Crippen molar-refractivity contribution in [3.05, 3.63) is 54.0 Å². The molecule has 0 aliphatic heterocycles. The highest BCUT2D eigenvalue weighted by atomic mass is 19.4. The Morgan fingerprint density at radius 2 is 1.94 bits per heavy atom. The zero-order valence-corrected chi connectivity index (χ0v) is 16.4. The summed E-state index contributed by atoms with van der Waals surface area (Å²) in [6, 6.07) is 11.7. The van der Waals surface area contributed by atoms with Crippen molar-refractivity contribution in [1.29, 1.82) is 0 Å². The third-order valence-electron chi connectivity index (χ3n) is 4.16. The Labute approximate surface area is 173 Å². The molecule has 0 saturated heterocycles. The number of anilines is 1. The second-order valence-corrected chi connectivity index (χ2v) is 6.25.